The Labute approximate surface area is 122 Å². The van der Waals surface area contributed by atoms with E-state index in [-0.39, 0.29) is 0 Å². The van der Waals surface area contributed by atoms with Crippen molar-refractivity contribution in [3.63, 3.8) is 0 Å². The monoisotopic (exact) mass is 296 g/mol. The standard InChI is InChI=1S/C15H11Cl3/c16-10-13(12-8-4-5-9-14(12)17)15(18)11-6-2-1-3-7-11/h1-9H,10H2. The van der Waals surface area contributed by atoms with Crippen LogP contribution in [0.3, 0.4) is 0 Å². The summed E-state index contributed by atoms with van der Waals surface area (Å²) in [5.41, 5.74) is 2.66. The highest BCUT2D eigenvalue weighted by molar-refractivity contribution is 6.54. The minimum atomic E-state index is 0.317. The predicted molar refractivity (Wildman–Crippen MR) is 81.3 cm³/mol. The fraction of sp³-hybridized carbons (Fsp3) is 0.0667. The molecule has 0 atom stereocenters. The summed E-state index contributed by atoms with van der Waals surface area (Å²) >= 11 is 18.6. The first-order chi connectivity index (χ1) is 8.74. The van der Waals surface area contributed by atoms with Crippen molar-refractivity contribution in [1.82, 2.24) is 0 Å². The Morgan fingerprint density at radius 3 is 2.11 bits per heavy atom. The van der Waals surface area contributed by atoms with E-state index in [1.54, 1.807) is 0 Å². The minimum absolute atomic E-state index is 0.317. The second-order valence-electron chi connectivity index (χ2n) is 3.77. The number of hydrogen-bond acceptors (Lipinski definition) is 0. The number of alkyl halides is 1. The molecule has 0 bridgehead atoms. The normalized spacial score (nSPS) is 12.2. The average molecular weight is 298 g/mol. The lowest BCUT2D eigenvalue weighted by molar-refractivity contribution is 1.56. The molecule has 0 aliphatic carbocycles. The maximum absolute atomic E-state index is 6.42. The van der Waals surface area contributed by atoms with Crippen LogP contribution in [-0.2, 0) is 0 Å². The van der Waals surface area contributed by atoms with Crippen molar-refractivity contribution >= 4 is 45.4 Å². The van der Waals surface area contributed by atoms with Gasteiger partial charge in [-0.05, 0) is 22.8 Å². The fourth-order valence-corrected chi connectivity index (χ4v) is 2.60. The molecular formula is C15H11Cl3. The molecule has 0 unspecified atom stereocenters. The van der Waals surface area contributed by atoms with Crippen molar-refractivity contribution in [2.45, 2.75) is 0 Å². The SMILES string of the molecule is ClCC(=C(Cl)c1ccccc1)c1ccccc1Cl. The third-order valence-electron chi connectivity index (χ3n) is 2.62. The fourth-order valence-electron chi connectivity index (χ4n) is 1.71. The van der Waals surface area contributed by atoms with Gasteiger partial charge in [0.15, 0.2) is 0 Å². The highest BCUT2D eigenvalue weighted by Gasteiger charge is 2.11. The average Bonchev–Trinajstić information content (AvgIpc) is 2.42. The molecule has 2 rings (SSSR count). The van der Waals surface area contributed by atoms with Crippen LogP contribution < -0.4 is 0 Å². The van der Waals surface area contributed by atoms with Crippen molar-refractivity contribution in [3.05, 3.63) is 70.7 Å². The summed E-state index contributed by atoms with van der Waals surface area (Å²) in [6.45, 7) is 0. The van der Waals surface area contributed by atoms with Crippen molar-refractivity contribution in [2.24, 2.45) is 0 Å². The molecule has 18 heavy (non-hydrogen) atoms. The van der Waals surface area contributed by atoms with E-state index in [1.165, 1.54) is 0 Å². The summed E-state index contributed by atoms with van der Waals surface area (Å²) in [4.78, 5) is 0. The molecule has 92 valence electrons. The van der Waals surface area contributed by atoms with Gasteiger partial charge in [0.05, 0.1) is 5.03 Å². The van der Waals surface area contributed by atoms with Gasteiger partial charge >= 0.3 is 0 Å². The van der Waals surface area contributed by atoms with E-state index in [4.69, 9.17) is 34.8 Å². The smallest absolute Gasteiger partial charge is 0.0529 e. The van der Waals surface area contributed by atoms with Crippen LogP contribution >= 0.6 is 34.8 Å². The maximum atomic E-state index is 6.42. The maximum Gasteiger partial charge on any atom is 0.0529 e. The number of benzene rings is 2. The summed E-state index contributed by atoms with van der Waals surface area (Å²) in [7, 11) is 0. The highest BCUT2D eigenvalue weighted by Crippen LogP contribution is 2.33. The second-order valence-corrected chi connectivity index (χ2v) is 4.82. The summed E-state index contributed by atoms with van der Waals surface area (Å²) in [6.07, 6.45) is 0. The number of allylic oxidation sites excluding steroid dienone is 1. The Morgan fingerprint density at radius 1 is 0.889 bits per heavy atom. The van der Waals surface area contributed by atoms with Crippen LogP contribution in [0.4, 0.5) is 0 Å². The van der Waals surface area contributed by atoms with Crippen molar-refractivity contribution in [2.75, 3.05) is 5.88 Å². The van der Waals surface area contributed by atoms with Gasteiger partial charge in [-0.25, -0.2) is 0 Å². The van der Waals surface area contributed by atoms with E-state index < -0.39 is 0 Å². The topological polar surface area (TPSA) is 0 Å². The predicted octanol–water partition coefficient (Wildman–Crippen LogP) is 5.69. The summed E-state index contributed by atoms with van der Waals surface area (Å²) in [6, 6.07) is 17.3. The summed E-state index contributed by atoms with van der Waals surface area (Å²) < 4.78 is 0. The van der Waals surface area contributed by atoms with E-state index in [0.717, 1.165) is 16.7 Å². The van der Waals surface area contributed by atoms with Crippen molar-refractivity contribution in [1.29, 1.82) is 0 Å². The lowest BCUT2D eigenvalue weighted by Crippen LogP contribution is -1.91. The molecule has 0 saturated heterocycles. The van der Waals surface area contributed by atoms with Crippen LogP contribution in [0.15, 0.2) is 54.6 Å². The van der Waals surface area contributed by atoms with E-state index in [2.05, 4.69) is 0 Å². The molecule has 0 amide bonds. The molecule has 0 radical (unpaired) electrons. The molecule has 0 spiro atoms. The Morgan fingerprint density at radius 2 is 1.50 bits per heavy atom. The first-order valence-corrected chi connectivity index (χ1v) is 6.78. The van der Waals surface area contributed by atoms with Gasteiger partial charge < -0.3 is 0 Å². The molecule has 0 fully saturated rings. The minimum Gasteiger partial charge on any atom is -0.121 e. The van der Waals surface area contributed by atoms with Gasteiger partial charge in [0.1, 0.15) is 0 Å². The molecule has 0 aliphatic rings. The molecular weight excluding hydrogens is 287 g/mol. The lowest BCUT2D eigenvalue weighted by Gasteiger charge is -2.10. The number of rotatable bonds is 3. The third-order valence-corrected chi connectivity index (χ3v) is 3.67. The van der Waals surface area contributed by atoms with E-state index in [1.807, 2.05) is 54.6 Å². The lowest BCUT2D eigenvalue weighted by atomic mass is 10.0. The van der Waals surface area contributed by atoms with Crippen molar-refractivity contribution < 1.29 is 0 Å². The van der Waals surface area contributed by atoms with Gasteiger partial charge in [-0.1, -0.05) is 71.7 Å². The van der Waals surface area contributed by atoms with Crippen molar-refractivity contribution in [3.8, 4) is 0 Å². The molecule has 0 aromatic heterocycles. The molecule has 0 N–H and O–H groups in total. The molecule has 0 aliphatic heterocycles. The van der Waals surface area contributed by atoms with Gasteiger partial charge in [-0.2, -0.15) is 0 Å². The second kappa shape index (κ2) is 6.29. The Bertz CT molecular complexity index is 559. The Kier molecular flexibility index (Phi) is 4.71. The van der Waals surface area contributed by atoms with Gasteiger partial charge in [-0.3, -0.25) is 0 Å². The Balaban J connectivity index is 2.55. The molecule has 2 aromatic rings. The first-order valence-electron chi connectivity index (χ1n) is 5.49. The largest absolute Gasteiger partial charge is 0.121 e. The molecule has 3 heteroatoms. The Hall–Kier alpha value is -0.950. The zero-order valence-electron chi connectivity index (χ0n) is 9.54. The molecule has 0 heterocycles. The third kappa shape index (κ3) is 2.89. The quantitative estimate of drug-likeness (QED) is 0.504. The van der Waals surface area contributed by atoms with Gasteiger partial charge in [-0.15, -0.1) is 11.6 Å². The van der Waals surface area contributed by atoms with Crippen LogP contribution in [0.2, 0.25) is 5.02 Å². The van der Waals surface area contributed by atoms with Crippen LogP contribution in [-0.4, -0.2) is 5.88 Å². The van der Waals surface area contributed by atoms with E-state index in [0.29, 0.717) is 15.9 Å². The molecule has 2 aromatic carbocycles. The van der Waals surface area contributed by atoms with E-state index >= 15 is 0 Å². The van der Waals surface area contributed by atoms with Gasteiger partial charge in [0.25, 0.3) is 0 Å². The molecule has 0 nitrogen and oxygen atoms in total. The summed E-state index contributed by atoms with van der Waals surface area (Å²) in [5, 5.41) is 1.29. The van der Waals surface area contributed by atoms with E-state index in [9.17, 15) is 0 Å². The highest BCUT2D eigenvalue weighted by atomic mass is 35.5. The van der Waals surface area contributed by atoms with Crippen LogP contribution in [0.5, 0.6) is 0 Å². The van der Waals surface area contributed by atoms with Crippen LogP contribution in [0, 0.1) is 0 Å². The van der Waals surface area contributed by atoms with Crippen LogP contribution in [0.1, 0.15) is 11.1 Å². The number of halogens is 3. The molecule has 0 saturated carbocycles. The zero-order chi connectivity index (χ0) is 13.0. The van der Waals surface area contributed by atoms with Gasteiger partial charge in [0.2, 0.25) is 0 Å². The van der Waals surface area contributed by atoms with Gasteiger partial charge in [0, 0.05) is 10.9 Å². The van der Waals surface area contributed by atoms with Crippen LogP contribution in [0.25, 0.3) is 10.6 Å². The zero-order valence-corrected chi connectivity index (χ0v) is 11.8. The number of hydrogen-bond donors (Lipinski definition) is 0. The summed E-state index contributed by atoms with van der Waals surface area (Å²) in [5.74, 6) is 0.317. The first kappa shape index (κ1) is 13.5.